The summed E-state index contributed by atoms with van der Waals surface area (Å²) >= 11 is 0. The molecule has 0 aromatic heterocycles. The first-order chi connectivity index (χ1) is 8.86. The van der Waals surface area contributed by atoms with E-state index in [0.29, 0.717) is 0 Å². The zero-order valence-electron chi connectivity index (χ0n) is 11.2. The van der Waals surface area contributed by atoms with E-state index in [1.54, 1.807) is 0 Å². The fraction of sp³-hybridized carbons (Fsp3) is 0.625. The van der Waals surface area contributed by atoms with E-state index in [9.17, 15) is 0 Å². The molecule has 0 unspecified atom stereocenters. The number of fused-ring (bicyclic) bond motifs is 1. The zero-order valence-corrected chi connectivity index (χ0v) is 11.2. The summed E-state index contributed by atoms with van der Waals surface area (Å²) in [5.41, 5.74) is 10.1. The summed E-state index contributed by atoms with van der Waals surface area (Å²) in [6.45, 7) is 3.25. The van der Waals surface area contributed by atoms with Crippen molar-refractivity contribution in [1.82, 2.24) is 0 Å². The van der Waals surface area contributed by atoms with E-state index in [0.717, 1.165) is 18.9 Å². The van der Waals surface area contributed by atoms with Gasteiger partial charge in [-0.15, -0.1) is 0 Å². The standard InChI is InChI=1S/C16H24N2/c17-9-7-13-5-6-15-8-10-18(16(15)11-13)12-14-3-1-2-4-14/h5-6,11,14H,1-4,7-10,12,17H2. The lowest BCUT2D eigenvalue weighted by molar-refractivity contribution is 0.538. The van der Waals surface area contributed by atoms with Crippen LogP contribution in [-0.2, 0) is 12.8 Å². The average Bonchev–Trinajstić information content (AvgIpc) is 3.01. The van der Waals surface area contributed by atoms with Gasteiger partial charge in [0.05, 0.1) is 0 Å². The molecule has 2 heteroatoms. The van der Waals surface area contributed by atoms with Gasteiger partial charge in [-0.3, -0.25) is 0 Å². The lowest BCUT2D eigenvalue weighted by Crippen LogP contribution is -2.26. The van der Waals surface area contributed by atoms with Gasteiger partial charge in [-0.2, -0.15) is 0 Å². The van der Waals surface area contributed by atoms with E-state index in [4.69, 9.17) is 5.73 Å². The average molecular weight is 244 g/mol. The second kappa shape index (κ2) is 5.31. The van der Waals surface area contributed by atoms with Crippen LogP contribution in [0.1, 0.15) is 36.8 Å². The SMILES string of the molecule is NCCc1ccc2c(c1)N(CC1CCCC1)CC2. The largest absolute Gasteiger partial charge is 0.371 e. The summed E-state index contributed by atoms with van der Waals surface area (Å²) in [6.07, 6.45) is 8.00. The van der Waals surface area contributed by atoms with E-state index in [-0.39, 0.29) is 0 Å². The Balaban J connectivity index is 1.74. The van der Waals surface area contributed by atoms with Crippen molar-refractivity contribution in [2.45, 2.75) is 38.5 Å². The lowest BCUT2D eigenvalue weighted by Gasteiger charge is -2.23. The van der Waals surface area contributed by atoms with Gasteiger partial charge in [0.15, 0.2) is 0 Å². The first kappa shape index (κ1) is 12.0. The topological polar surface area (TPSA) is 29.3 Å². The summed E-state index contributed by atoms with van der Waals surface area (Å²) < 4.78 is 0. The smallest absolute Gasteiger partial charge is 0.0402 e. The summed E-state index contributed by atoms with van der Waals surface area (Å²) in [7, 11) is 0. The molecule has 1 fully saturated rings. The third kappa shape index (κ3) is 2.39. The maximum Gasteiger partial charge on any atom is 0.0402 e. The molecule has 1 heterocycles. The van der Waals surface area contributed by atoms with Crippen LogP contribution < -0.4 is 10.6 Å². The minimum Gasteiger partial charge on any atom is -0.371 e. The highest BCUT2D eigenvalue weighted by atomic mass is 15.1. The molecule has 98 valence electrons. The van der Waals surface area contributed by atoms with Crippen molar-refractivity contribution in [2.24, 2.45) is 11.7 Å². The molecule has 1 aliphatic carbocycles. The summed E-state index contributed by atoms with van der Waals surface area (Å²) in [6, 6.07) is 6.95. The molecule has 1 saturated carbocycles. The van der Waals surface area contributed by atoms with Crippen molar-refractivity contribution in [3.05, 3.63) is 29.3 Å². The third-order valence-corrected chi connectivity index (χ3v) is 4.53. The highest BCUT2D eigenvalue weighted by Gasteiger charge is 2.24. The van der Waals surface area contributed by atoms with Crippen molar-refractivity contribution in [1.29, 1.82) is 0 Å². The van der Waals surface area contributed by atoms with Crippen LogP contribution in [0.2, 0.25) is 0 Å². The Kier molecular flexibility index (Phi) is 3.55. The fourth-order valence-corrected chi connectivity index (χ4v) is 3.51. The molecule has 0 amide bonds. The molecule has 0 saturated heterocycles. The Hall–Kier alpha value is -1.02. The Bertz CT molecular complexity index is 408. The van der Waals surface area contributed by atoms with E-state index in [2.05, 4.69) is 23.1 Å². The molecular weight excluding hydrogens is 220 g/mol. The van der Waals surface area contributed by atoms with Crippen molar-refractivity contribution in [3.8, 4) is 0 Å². The van der Waals surface area contributed by atoms with Gasteiger partial charge in [0.2, 0.25) is 0 Å². The molecule has 0 bridgehead atoms. The molecule has 2 nitrogen and oxygen atoms in total. The quantitative estimate of drug-likeness (QED) is 0.882. The number of nitrogens with zero attached hydrogens (tertiary/aromatic N) is 1. The first-order valence-electron chi connectivity index (χ1n) is 7.43. The third-order valence-electron chi connectivity index (χ3n) is 4.53. The number of hydrogen-bond donors (Lipinski definition) is 1. The second-order valence-corrected chi connectivity index (χ2v) is 5.85. The number of anilines is 1. The van der Waals surface area contributed by atoms with Crippen LogP contribution in [-0.4, -0.2) is 19.6 Å². The van der Waals surface area contributed by atoms with Crippen LogP contribution in [0.3, 0.4) is 0 Å². The normalized spacial score (nSPS) is 19.5. The highest BCUT2D eigenvalue weighted by molar-refractivity contribution is 5.59. The molecule has 2 N–H and O–H groups in total. The summed E-state index contributed by atoms with van der Waals surface area (Å²) in [4.78, 5) is 2.62. The van der Waals surface area contributed by atoms with Gasteiger partial charge in [0, 0.05) is 18.8 Å². The summed E-state index contributed by atoms with van der Waals surface area (Å²) in [5, 5.41) is 0. The van der Waals surface area contributed by atoms with E-state index in [1.165, 1.54) is 62.0 Å². The minimum absolute atomic E-state index is 0.751. The molecule has 1 aromatic rings. The number of rotatable bonds is 4. The lowest BCUT2D eigenvalue weighted by atomic mass is 10.1. The van der Waals surface area contributed by atoms with Crippen LogP contribution >= 0.6 is 0 Å². The molecule has 1 aliphatic heterocycles. The van der Waals surface area contributed by atoms with Gasteiger partial charge < -0.3 is 10.6 Å². The maximum atomic E-state index is 5.66. The second-order valence-electron chi connectivity index (χ2n) is 5.85. The van der Waals surface area contributed by atoms with Crippen LogP contribution in [0, 0.1) is 5.92 Å². The maximum absolute atomic E-state index is 5.66. The van der Waals surface area contributed by atoms with Crippen LogP contribution in [0.15, 0.2) is 18.2 Å². The number of nitrogens with two attached hydrogens (primary N) is 1. The van der Waals surface area contributed by atoms with E-state index in [1.807, 2.05) is 0 Å². The molecule has 3 rings (SSSR count). The Morgan fingerprint density at radius 2 is 2.06 bits per heavy atom. The fourth-order valence-electron chi connectivity index (χ4n) is 3.51. The van der Waals surface area contributed by atoms with E-state index >= 15 is 0 Å². The first-order valence-corrected chi connectivity index (χ1v) is 7.43. The Morgan fingerprint density at radius 3 is 2.83 bits per heavy atom. The van der Waals surface area contributed by atoms with Crippen molar-refractivity contribution in [3.63, 3.8) is 0 Å². The van der Waals surface area contributed by atoms with Gasteiger partial charge in [-0.05, 0) is 55.3 Å². The predicted octanol–water partition coefficient (Wildman–Crippen LogP) is 2.74. The van der Waals surface area contributed by atoms with Crippen LogP contribution in [0.4, 0.5) is 5.69 Å². The van der Waals surface area contributed by atoms with Crippen LogP contribution in [0.25, 0.3) is 0 Å². The number of benzene rings is 1. The molecule has 0 spiro atoms. The zero-order chi connectivity index (χ0) is 12.4. The molecule has 0 radical (unpaired) electrons. The van der Waals surface area contributed by atoms with Gasteiger partial charge >= 0.3 is 0 Å². The van der Waals surface area contributed by atoms with E-state index < -0.39 is 0 Å². The van der Waals surface area contributed by atoms with Gasteiger partial charge in [0.25, 0.3) is 0 Å². The Morgan fingerprint density at radius 1 is 1.22 bits per heavy atom. The Labute approximate surface area is 110 Å². The van der Waals surface area contributed by atoms with Gasteiger partial charge in [-0.1, -0.05) is 25.0 Å². The van der Waals surface area contributed by atoms with Crippen LogP contribution in [0.5, 0.6) is 0 Å². The predicted molar refractivity (Wildman–Crippen MR) is 77.1 cm³/mol. The highest BCUT2D eigenvalue weighted by Crippen LogP contribution is 2.33. The van der Waals surface area contributed by atoms with Crippen molar-refractivity contribution in [2.75, 3.05) is 24.5 Å². The minimum atomic E-state index is 0.751. The monoisotopic (exact) mass is 244 g/mol. The molecule has 2 aliphatic rings. The molecular formula is C16H24N2. The van der Waals surface area contributed by atoms with Crippen molar-refractivity contribution >= 4 is 5.69 Å². The number of hydrogen-bond acceptors (Lipinski definition) is 2. The molecule has 0 atom stereocenters. The summed E-state index contributed by atoms with van der Waals surface area (Å²) in [5.74, 6) is 0.939. The molecule has 18 heavy (non-hydrogen) atoms. The van der Waals surface area contributed by atoms with Gasteiger partial charge in [-0.25, -0.2) is 0 Å². The molecule has 1 aromatic carbocycles. The van der Waals surface area contributed by atoms with Gasteiger partial charge in [0.1, 0.15) is 0 Å². The van der Waals surface area contributed by atoms with Crippen molar-refractivity contribution < 1.29 is 0 Å².